The molecular formula is C45H30O2. The molecule has 0 N–H and O–H groups in total. The Labute approximate surface area is 272 Å². The van der Waals surface area contributed by atoms with Crippen LogP contribution in [0, 0.1) is 0 Å². The molecule has 8 aromatic carbocycles. The Kier molecular flexibility index (Phi) is 5.37. The summed E-state index contributed by atoms with van der Waals surface area (Å²) in [5, 5.41) is 9.95. The normalized spacial score (nSPS) is 13.7. The zero-order valence-electron chi connectivity index (χ0n) is 26.2. The van der Waals surface area contributed by atoms with Crippen LogP contribution >= 0.6 is 0 Å². The van der Waals surface area contributed by atoms with E-state index in [2.05, 4.69) is 147 Å². The van der Waals surface area contributed by atoms with Crippen LogP contribution in [0.4, 0.5) is 0 Å². The molecule has 0 aliphatic carbocycles. The van der Waals surface area contributed by atoms with Crippen molar-refractivity contribution in [3.63, 3.8) is 0 Å². The van der Waals surface area contributed by atoms with Gasteiger partial charge in [0.15, 0.2) is 11.3 Å². The van der Waals surface area contributed by atoms with Crippen molar-refractivity contribution in [2.75, 3.05) is 0 Å². The van der Waals surface area contributed by atoms with Crippen molar-refractivity contribution in [3.05, 3.63) is 157 Å². The van der Waals surface area contributed by atoms with E-state index in [0.29, 0.717) is 0 Å². The van der Waals surface area contributed by atoms with Gasteiger partial charge in [-0.2, -0.15) is 0 Å². The predicted molar refractivity (Wildman–Crippen MR) is 196 cm³/mol. The predicted octanol–water partition coefficient (Wildman–Crippen LogP) is 12.8. The lowest BCUT2D eigenvalue weighted by Crippen LogP contribution is -2.24. The Bertz CT molecular complexity index is 2710. The van der Waals surface area contributed by atoms with Gasteiger partial charge in [-0.05, 0) is 91.0 Å². The maximum Gasteiger partial charge on any atom is 0.178 e. The number of rotatable bonds is 2. The highest BCUT2D eigenvalue weighted by Gasteiger charge is 2.36. The van der Waals surface area contributed by atoms with Gasteiger partial charge in [0.1, 0.15) is 11.3 Å². The molecule has 0 spiro atoms. The van der Waals surface area contributed by atoms with Gasteiger partial charge in [0.2, 0.25) is 0 Å². The molecular weight excluding hydrogens is 572 g/mol. The molecule has 0 unspecified atom stereocenters. The van der Waals surface area contributed by atoms with E-state index in [4.69, 9.17) is 9.15 Å². The average molecular weight is 603 g/mol. The second-order valence-corrected chi connectivity index (χ2v) is 13.3. The highest BCUT2D eigenvalue weighted by Crippen LogP contribution is 2.52. The second-order valence-electron chi connectivity index (χ2n) is 13.3. The van der Waals surface area contributed by atoms with Crippen LogP contribution in [0.3, 0.4) is 0 Å². The van der Waals surface area contributed by atoms with Gasteiger partial charge in [0.25, 0.3) is 0 Å². The molecule has 2 nitrogen and oxygen atoms in total. The van der Waals surface area contributed by atoms with E-state index in [9.17, 15) is 0 Å². The Morgan fingerprint density at radius 3 is 1.68 bits per heavy atom. The molecule has 47 heavy (non-hydrogen) atoms. The van der Waals surface area contributed by atoms with Crippen molar-refractivity contribution in [1.29, 1.82) is 0 Å². The number of hydrogen-bond donors (Lipinski definition) is 0. The molecule has 10 rings (SSSR count). The zero-order chi connectivity index (χ0) is 31.3. The fourth-order valence-electron chi connectivity index (χ4n) is 7.87. The van der Waals surface area contributed by atoms with Gasteiger partial charge < -0.3 is 9.15 Å². The minimum atomic E-state index is -0.272. The Morgan fingerprint density at radius 2 is 0.957 bits per heavy atom. The van der Waals surface area contributed by atoms with Crippen LogP contribution in [0.15, 0.2) is 150 Å². The van der Waals surface area contributed by atoms with E-state index in [1.165, 1.54) is 60.1 Å². The molecule has 0 saturated heterocycles. The van der Waals surface area contributed by atoms with Gasteiger partial charge in [-0.3, -0.25) is 0 Å². The molecule has 0 saturated carbocycles. The van der Waals surface area contributed by atoms with Gasteiger partial charge in [-0.25, -0.2) is 0 Å². The second kappa shape index (κ2) is 9.57. The number of benzene rings is 8. The molecule has 0 atom stereocenters. The van der Waals surface area contributed by atoms with Gasteiger partial charge in [-0.1, -0.05) is 123 Å². The maximum absolute atomic E-state index is 6.65. The van der Waals surface area contributed by atoms with Crippen molar-refractivity contribution in [3.8, 4) is 33.8 Å². The summed E-state index contributed by atoms with van der Waals surface area (Å²) in [7, 11) is 0. The quantitative estimate of drug-likeness (QED) is 0.184. The van der Waals surface area contributed by atoms with E-state index in [1.54, 1.807) is 0 Å². The van der Waals surface area contributed by atoms with Gasteiger partial charge >= 0.3 is 0 Å². The third-order valence-electron chi connectivity index (χ3n) is 10.3. The lowest BCUT2D eigenvalue weighted by Gasteiger charge is -2.34. The van der Waals surface area contributed by atoms with E-state index < -0.39 is 0 Å². The Balaban J connectivity index is 1.07. The molecule has 0 fully saturated rings. The van der Waals surface area contributed by atoms with Crippen LogP contribution in [0.5, 0.6) is 11.5 Å². The third kappa shape index (κ3) is 3.79. The monoisotopic (exact) mass is 602 g/mol. The molecule has 1 aliphatic rings. The van der Waals surface area contributed by atoms with Gasteiger partial charge in [0, 0.05) is 27.3 Å². The first-order valence-electron chi connectivity index (χ1n) is 16.3. The van der Waals surface area contributed by atoms with Crippen LogP contribution in [-0.2, 0) is 5.41 Å². The minimum absolute atomic E-state index is 0.272. The molecule has 2 heteroatoms. The molecule has 0 bridgehead atoms. The summed E-state index contributed by atoms with van der Waals surface area (Å²) in [6.45, 7) is 4.57. The first kappa shape index (κ1) is 26.4. The van der Waals surface area contributed by atoms with E-state index in [-0.39, 0.29) is 5.41 Å². The minimum Gasteiger partial charge on any atom is -0.453 e. The largest absolute Gasteiger partial charge is 0.453 e. The zero-order valence-corrected chi connectivity index (χ0v) is 26.2. The molecule has 1 aliphatic heterocycles. The number of furan rings is 1. The molecule has 2 heterocycles. The third-order valence-corrected chi connectivity index (χ3v) is 10.3. The summed E-state index contributed by atoms with van der Waals surface area (Å²) in [5.74, 6) is 1.70. The molecule has 222 valence electrons. The average Bonchev–Trinajstić information content (AvgIpc) is 3.51. The van der Waals surface area contributed by atoms with E-state index >= 15 is 0 Å². The van der Waals surface area contributed by atoms with E-state index in [1.807, 2.05) is 12.1 Å². The first-order valence-corrected chi connectivity index (χ1v) is 16.3. The highest BCUT2D eigenvalue weighted by atomic mass is 16.5. The van der Waals surface area contributed by atoms with Crippen LogP contribution in [0.1, 0.15) is 25.0 Å². The van der Waals surface area contributed by atoms with Crippen LogP contribution in [0.2, 0.25) is 0 Å². The van der Waals surface area contributed by atoms with Crippen LogP contribution < -0.4 is 4.74 Å². The molecule has 0 radical (unpaired) electrons. The van der Waals surface area contributed by atoms with Crippen molar-refractivity contribution in [2.45, 2.75) is 19.3 Å². The Morgan fingerprint density at radius 1 is 0.404 bits per heavy atom. The summed E-state index contributed by atoms with van der Waals surface area (Å²) in [5.41, 5.74) is 8.51. The SMILES string of the molecule is CC1(C)c2cc(-c3cccc(-c4ccc5c6ccccc6c6ccccc6c5c4)c3)ccc2Oc2c1ccc1c2oc2ccccc21. The Hall–Kier alpha value is -5.86. The molecule has 0 amide bonds. The van der Waals surface area contributed by atoms with Crippen molar-refractivity contribution < 1.29 is 9.15 Å². The molecule has 9 aromatic rings. The highest BCUT2D eigenvalue weighted by molar-refractivity contribution is 6.25. The number of para-hydroxylation sites is 1. The van der Waals surface area contributed by atoms with E-state index in [0.717, 1.165) is 39.0 Å². The topological polar surface area (TPSA) is 22.4 Å². The lowest BCUT2D eigenvalue weighted by atomic mass is 9.74. The first-order chi connectivity index (χ1) is 23.0. The van der Waals surface area contributed by atoms with Crippen molar-refractivity contribution in [1.82, 2.24) is 0 Å². The summed E-state index contributed by atoms with van der Waals surface area (Å²) in [6.07, 6.45) is 0. The summed E-state index contributed by atoms with van der Waals surface area (Å²) >= 11 is 0. The number of fused-ring (bicyclic) bond motifs is 12. The van der Waals surface area contributed by atoms with Crippen LogP contribution in [0.25, 0.3) is 76.5 Å². The fraction of sp³-hybridized carbons (Fsp3) is 0.0667. The van der Waals surface area contributed by atoms with Gasteiger partial charge in [-0.15, -0.1) is 0 Å². The van der Waals surface area contributed by atoms with Crippen LogP contribution in [-0.4, -0.2) is 0 Å². The smallest absolute Gasteiger partial charge is 0.178 e. The lowest BCUT2D eigenvalue weighted by molar-refractivity contribution is 0.415. The number of hydrogen-bond acceptors (Lipinski definition) is 2. The fourth-order valence-corrected chi connectivity index (χ4v) is 7.87. The summed E-state index contributed by atoms with van der Waals surface area (Å²) in [4.78, 5) is 0. The maximum atomic E-state index is 6.65. The molecule has 1 aromatic heterocycles. The van der Waals surface area contributed by atoms with Crippen molar-refractivity contribution in [2.24, 2.45) is 0 Å². The summed E-state index contributed by atoms with van der Waals surface area (Å²) < 4.78 is 13.0. The standard InChI is InChI=1S/C45H30O2/c1-45(2)39-22-21-37-36-16-7-8-17-41(36)46-43(37)44(39)47-42-23-19-30(26-40(42)45)28-11-9-10-27(24-28)29-18-20-35-33-14-4-3-12-31(33)32-13-5-6-15-34(32)38(35)25-29/h3-26H,1-2H3. The van der Waals surface area contributed by atoms with Crippen molar-refractivity contribution >= 4 is 54.3 Å². The number of ether oxygens (including phenoxy) is 1. The summed E-state index contributed by atoms with van der Waals surface area (Å²) in [6, 6.07) is 52.5. The van der Waals surface area contributed by atoms with Gasteiger partial charge in [0.05, 0.1) is 0 Å².